The fourth-order valence-corrected chi connectivity index (χ4v) is 1.40. The third kappa shape index (κ3) is 1.43. The van der Waals surface area contributed by atoms with E-state index < -0.39 is 0 Å². The Balaban J connectivity index is 2.33. The summed E-state index contributed by atoms with van der Waals surface area (Å²) in [4.78, 5) is 11.1. The number of anilines is 1. The lowest BCUT2D eigenvalue weighted by molar-refractivity contribution is -0.116. The summed E-state index contributed by atoms with van der Waals surface area (Å²) < 4.78 is 1.86. The van der Waals surface area contributed by atoms with E-state index in [1.165, 1.54) is 0 Å². The lowest BCUT2D eigenvalue weighted by atomic mass is 10.1. The number of carbonyl (C=O) groups is 1. The monoisotopic (exact) mass is 179 g/mol. The van der Waals surface area contributed by atoms with Gasteiger partial charge in [-0.15, -0.1) is 0 Å². The van der Waals surface area contributed by atoms with Gasteiger partial charge in [0.2, 0.25) is 5.91 Å². The van der Waals surface area contributed by atoms with Crippen LogP contribution in [-0.2, 0) is 11.3 Å². The maximum absolute atomic E-state index is 11.1. The highest BCUT2D eigenvalue weighted by atomic mass is 16.1. The van der Waals surface area contributed by atoms with Crippen LogP contribution >= 0.6 is 0 Å². The Hall–Kier alpha value is -1.32. The second-order valence-electron chi connectivity index (χ2n) is 3.63. The largest absolute Gasteiger partial charge is 0.311 e. The van der Waals surface area contributed by atoms with Crippen LogP contribution in [0, 0.1) is 0 Å². The summed E-state index contributed by atoms with van der Waals surface area (Å²) in [7, 11) is 0. The van der Waals surface area contributed by atoms with Crippen molar-refractivity contribution in [1.82, 2.24) is 9.78 Å². The quantitative estimate of drug-likeness (QED) is 0.707. The zero-order valence-electron chi connectivity index (χ0n) is 7.87. The highest BCUT2D eigenvalue weighted by Gasteiger charge is 2.17. The van der Waals surface area contributed by atoms with Crippen molar-refractivity contribution in [2.24, 2.45) is 0 Å². The van der Waals surface area contributed by atoms with Gasteiger partial charge >= 0.3 is 0 Å². The third-order valence-electron chi connectivity index (χ3n) is 2.21. The molecular weight excluding hydrogens is 166 g/mol. The molecule has 4 heteroatoms. The van der Waals surface area contributed by atoms with Crippen molar-refractivity contribution in [2.75, 3.05) is 5.32 Å². The number of nitrogens with zero attached hydrogens (tertiary/aromatic N) is 2. The lowest BCUT2D eigenvalue weighted by Gasteiger charge is -2.13. The van der Waals surface area contributed by atoms with E-state index in [0.29, 0.717) is 18.9 Å². The van der Waals surface area contributed by atoms with Crippen molar-refractivity contribution < 1.29 is 4.79 Å². The summed E-state index contributed by atoms with van der Waals surface area (Å²) in [5, 5.41) is 7.18. The molecule has 0 aliphatic carbocycles. The van der Waals surface area contributed by atoms with E-state index in [0.717, 1.165) is 11.5 Å². The molecule has 1 aromatic rings. The molecule has 0 saturated carbocycles. The predicted octanol–water partition coefficient (Wildman–Crippen LogP) is 1.35. The van der Waals surface area contributed by atoms with Crippen LogP contribution in [0.3, 0.4) is 0 Å². The fourth-order valence-electron chi connectivity index (χ4n) is 1.40. The van der Waals surface area contributed by atoms with Crippen LogP contribution in [-0.4, -0.2) is 15.7 Å². The molecule has 0 aromatic carbocycles. The molecule has 0 radical (unpaired) electrons. The van der Waals surface area contributed by atoms with Crippen LogP contribution in [0.1, 0.15) is 31.9 Å². The molecular formula is C9H13N3O. The summed E-state index contributed by atoms with van der Waals surface area (Å²) >= 11 is 0. The molecule has 1 aliphatic heterocycles. The number of carbonyl (C=O) groups excluding carboxylic acids is 1. The Labute approximate surface area is 76.9 Å². The smallest absolute Gasteiger partial charge is 0.227 e. The average molecular weight is 179 g/mol. The summed E-state index contributed by atoms with van der Waals surface area (Å²) in [6, 6.07) is 1.95. The van der Waals surface area contributed by atoms with Gasteiger partial charge in [-0.25, -0.2) is 4.68 Å². The van der Waals surface area contributed by atoms with E-state index in [2.05, 4.69) is 24.3 Å². The Morgan fingerprint density at radius 1 is 1.62 bits per heavy atom. The minimum absolute atomic E-state index is 0.0858. The maximum Gasteiger partial charge on any atom is 0.227 e. The Morgan fingerprint density at radius 3 is 3.08 bits per heavy atom. The molecule has 70 valence electrons. The SMILES string of the molecule is CC(C)c1cc2n(n1)CCC(=O)N2. The van der Waals surface area contributed by atoms with E-state index in [1.54, 1.807) is 0 Å². The first kappa shape index (κ1) is 8.29. The molecule has 0 saturated heterocycles. The van der Waals surface area contributed by atoms with Crippen molar-refractivity contribution in [2.45, 2.75) is 32.7 Å². The number of hydrogen-bond acceptors (Lipinski definition) is 2. The molecule has 1 aromatic heterocycles. The van der Waals surface area contributed by atoms with Crippen molar-refractivity contribution >= 4 is 11.7 Å². The van der Waals surface area contributed by atoms with Gasteiger partial charge in [-0.05, 0) is 5.92 Å². The zero-order valence-corrected chi connectivity index (χ0v) is 7.87. The van der Waals surface area contributed by atoms with Crippen molar-refractivity contribution in [3.8, 4) is 0 Å². The zero-order chi connectivity index (χ0) is 9.42. The van der Waals surface area contributed by atoms with Gasteiger partial charge < -0.3 is 5.32 Å². The normalized spacial score (nSPS) is 15.8. The number of nitrogens with one attached hydrogen (secondary N) is 1. The van der Waals surface area contributed by atoms with Gasteiger partial charge in [-0.2, -0.15) is 5.10 Å². The van der Waals surface area contributed by atoms with E-state index in [-0.39, 0.29) is 5.91 Å². The first-order chi connectivity index (χ1) is 6.16. The predicted molar refractivity (Wildman–Crippen MR) is 49.6 cm³/mol. The molecule has 1 amide bonds. The van der Waals surface area contributed by atoms with Gasteiger partial charge in [-0.1, -0.05) is 13.8 Å². The van der Waals surface area contributed by atoms with Crippen molar-refractivity contribution in [3.05, 3.63) is 11.8 Å². The van der Waals surface area contributed by atoms with Gasteiger partial charge in [0.25, 0.3) is 0 Å². The van der Waals surface area contributed by atoms with Gasteiger partial charge in [-0.3, -0.25) is 4.79 Å². The lowest BCUT2D eigenvalue weighted by Crippen LogP contribution is -2.23. The average Bonchev–Trinajstić information content (AvgIpc) is 2.46. The molecule has 13 heavy (non-hydrogen) atoms. The molecule has 2 heterocycles. The summed E-state index contributed by atoms with van der Waals surface area (Å²) in [5.74, 6) is 1.33. The standard InChI is InChI=1S/C9H13N3O/c1-6(2)7-5-8-10-9(13)3-4-12(8)11-7/h5-6H,3-4H2,1-2H3,(H,10,13). The molecule has 0 atom stereocenters. The third-order valence-corrected chi connectivity index (χ3v) is 2.21. The number of aromatic nitrogens is 2. The van der Waals surface area contributed by atoms with Gasteiger partial charge in [0.05, 0.1) is 12.2 Å². The van der Waals surface area contributed by atoms with E-state index in [1.807, 2.05) is 10.7 Å². The van der Waals surface area contributed by atoms with Crippen LogP contribution in [0.15, 0.2) is 6.07 Å². The summed E-state index contributed by atoms with van der Waals surface area (Å²) in [5.41, 5.74) is 1.04. The first-order valence-electron chi connectivity index (χ1n) is 4.54. The first-order valence-corrected chi connectivity index (χ1v) is 4.54. The maximum atomic E-state index is 11.1. The molecule has 0 bridgehead atoms. The van der Waals surface area contributed by atoms with Gasteiger partial charge in [0, 0.05) is 12.5 Å². The molecule has 0 fully saturated rings. The minimum atomic E-state index is 0.0858. The summed E-state index contributed by atoms with van der Waals surface area (Å²) in [6.07, 6.45) is 0.534. The molecule has 0 spiro atoms. The van der Waals surface area contributed by atoms with E-state index in [9.17, 15) is 4.79 Å². The van der Waals surface area contributed by atoms with Crippen LogP contribution < -0.4 is 5.32 Å². The van der Waals surface area contributed by atoms with Gasteiger partial charge in [0.15, 0.2) is 0 Å². The fraction of sp³-hybridized carbons (Fsp3) is 0.556. The Kier molecular flexibility index (Phi) is 1.83. The Bertz CT molecular complexity index is 341. The van der Waals surface area contributed by atoms with Crippen LogP contribution in [0.5, 0.6) is 0 Å². The molecule has 1 aliphatic rings. The second-order valence-corrected chi connectivity index (χ2v) is 3.63. The van der Waals surface area contributed by atoms with Crippen LogP contribution in [0.25, 0.3) is 0 Å². The number of fused-ring (bicyclic) bond motifs is 1. The number of aryl methyl sites for hydroxylation is 1. The van der Waals surface area contributed by atoms with Crippen LogP contribution in [0.4, 0.5) is 5.82 Å². The van der Waals surface area contributed by atoms with Crippen molar-refractivity contribution in [3.63, 3.8) is 0 Å². The van der Waals surface area contributed by atoms with Gasteiger partial charge in [0.1, 0.15) is 5.82 Å². The van der Waals surface area contributed by atoms with Crippen molar-refractivity contribution in [1.29, 1.82) is 0 Å². The summed E-state index contributed by atoms with van der Waals surface area (Å²) in [6.45, 7) is 4.89. The number of amides is 1. The molecule has 0 unspecified atom stereocenters. The topological polar surface area (TPSA) is 46.9 Å². The Morgan fingerprint density at radius 2 is 2.38 bits per heavy atom. The highest BCUT2D eigenvalue weighted by Crippen LogP contribution is 2.20. The second kappa shape index (κ2) is 2.87. The minimum Gasteiger partial charge on any atom is -0.311 e. The van der Waals surface area contributed by atoms with E-state index in [4.69, 9.17) is 0 Å². The number of hydrogen-bond donors (Lipinski definition) is 1. The number of rotatable bonds is 1. The van der Waals surface area contributed by atoms with E-state index >= 15 is 0 Å². The molecule has 1 N–H and O–H groups in total. The molecule has 2 rings (SSSR count). The highest BCUT2D eigenvalue weighted by molar-refractivity contribution is 5.91. The molecule has 4 nitrogen and oxygen atoms in total. The van der Waals surface area contributed by atoms with Crippen LogP contribution in [0.2, 0.25) is 0 Å².